The van der Waals surface area contributed by atoms with E-state index in [0.29, 0.717) is 10.4 Å². The topological polar surface area (TPSA) is 50.9 Å². The molecule has 0 bridgehead atoms. The average molecular weight is 288 g/mol. The van der Waals surface area contributed by atoms with Crippen LogP contribution < -0.4 is 11.1 Å². The van der Waals surface area contributed by atoms with Gasteiger partial charge in [0.05, 0.1) is 22.0 Å². The Bertz CT molecular complexity index is 345. The van der Waals surface area contributed by atoms with Gasteiger partial charge in [-0.25, -0.2) is 0 Å². The summed E-state index contributed by atoms with van der Waals surface area (Å²) in [7, 11) is 0. The maximum absolute atomic E-state index is 5.85. The summed E-state index contributed by atoms with van der Waals surface area (Å²) >= 11 is 5.38. The first kappa shape index (κ1) is 11.1. The zero-order valence-electron chi connectivity index (χ0n) is 8.59. The van der Waals surface area contributed by atoms with Crippen molar-refractivity contribution in [3.63, 3.8) is 0 Å². The number of nitrogens with one attached hydrogen (secondary N) is 1. The molecule has 3 nitrogen and oxygen atoms in total. The number of pyridine rings is 1. The summed E-state index contributed by atoms with van der Waals surface area (Å²) in [6, 6.07) is 0. The van der Waals surface area contributed by atoms with Gasteiger partial charge in [0, 0.05) is 17.5 Å². The van der Waals surface area contributed by atoms with Gasteiger partial charge in [-0.05, 0) is 35.0 Å². The predicted molar refractivity (Wildman–Crippen MR) is 70.3 cm³/mol. The van der Waals surface area contributed by atoms with Crippen LogP contribution in [-0.2, 0) is 0 Å². The Morgan fingerprint density at radius 1 is 1.60 bits per heavy atom. The highest BCUT2D eigenvalue weighted by molar-refractivity contribution is 9.10. The molecule has 15 heavy (non-hydrogen) atoms. The summed E-state index contributed by atoms with van der Waals surface area (Å²) in [5.41, 5.74) is 7.51. The Morgan fingerprint density at radius 2 is 2.33 bits per heavy atom. The minimum Gasteiger partial charge on any atom is -0.396 e. The lowest BCUT2D eigenvalue weighted by Gasteiger charge is -2.16. The molecule has 0 amide bonds. The largest absolute Gasteiger partial charge is 0.396 e. The molecular formula is C10H14BrN3S. The molecule has 1 saturated carbocycles. The van der Waals surface area contributed by atoms with Gasteiger partial charge in [0.2, 0.25) is 0 Å². The van der Waals surface area contributed by atoms with Crippen molar-refractivity contribution in [3.8, 4) is 0 Å². The Hall–Kier alpha value is -0.420. The second kappa shape index (κ2) is 4.22. The molecule has 0 atom stereocenters. The number of thioether (sulfide) groups is 1. The summed E-state index contributed by atoms with van der Waals surface area (Å²) in [6.07, 6.45) is 8.19. The molecule has 0 unspecified atom stereocenters. The number of anilines is 2. The van der Waals surface area contributed by atoms with E-state index in [2.05, 4.69) is 32.5 Å². The van der Waals surface area contributed by atoms with Gasteiger partial charge in [0.1, 0.15) is 0 Å². The molecular weight excluding hydrogens is 274 g/mol. The lowest BCUT2D eigenvalue weighted by molar-refractivity contribution is 0.948. The molecule has 82 valence electrons. The Kier molecular flexibility index (Phi) is 3.11. The maximum atomic E-state index is 5.85. The van der Waals surface area contributed by atoms with Gasteiger partial charge in [-0.1, -0.05) is 0 Å². The second-order valence-electron chi connectivity index (χ2n) is 3.83. The van der Waals surface area contributed by atoms with Crippen LogP contribution in [0.5, 0.6) is 0 Å². The molecule has 0 radical (unpaired) electrons. The number of halogens is 1. The third-order valence-corrected chi connectivity index (χ3v) is 4.78. The first-order valence-electron chi connectivity index (χ1n) is 4.85. The van der Waals surface area contributed by atoms with E-state index in [4.69, 9.17) is 5.73 Å². The van der Waals surface area contributed by atoms with Gasteiger partial charge in [-0.2, -0.15) is 11.8 Å². The minimum absolute atomic E-state index is 0.440. The maximum Gasteiger partial charge on any atom is 0.0750 e. The molecule has 1 heterocycles. The van der Waals surface area contributed by atoms with Crippen LogP contribution in [0.3, 0.4) is 0 Å². The number of nitrogen functional groups attached to an aromatic ring is 1. The smallest absolute Gasteiger partial charge is 0.0750 e. The summed E-state index contributed by atoms with van der Waals surface area (Å²) < 4.78 is 1.37. The van der Waals surface area contributed by atoms with Crippen LogP contribution in [0.25, 0.3) is 0 Å². The number of rotatable bonds is 4. The van der Waals surface area contributed by atoms with Gasteiger partial charge >= 0.3 is 0 Å². The molecule has 1 aliphatic carbocycles. The zero-order valence-corrected chi connectivity index (χ0v) is 11.0. The highest BCUT2D eigenvalue weighted by Crippen LogP contribution is 2.47. The van der Waals surface area contributed by atoms with Crippen LogP contribution in [0.1, 0.15) is 12.8 Å². The molecule has 5 heteroatoms. The van der Waals surface area contributed by atoms with Crippen molar-refractivity contribution in [2.75, 3.05) is 23.9 Å². The fourth-order valence-corrected chi connectivity index (χ4v) is 2.69. The Balaban J connectivity index is 2.05. The molecule has 1 aromatic rings. The SMILES string of the molecule is CSC1(CNc2c(N)cncc2Br)CC1. The third kappa shape index (κ3) is 2.39. The predicted octanol–water partition coefficient (Wildman–Crippen LogP) is 2.73. The molecule has 1 fully saturated rings. The Morgan fingerprint density at radius 3 is 2.87 bits per heavy atom. The van der Waals surface area contributed by atoms with Gasteiger partial charge in [-0.15, -0.1) is 0 Å². The van der Waals surface area contributed by atoms with Crippen LogP contribution in [0.15, 0.2) is 16.9 Å². The van der Waals surface area contributed by atoms with E-state index in [1.165, 1.54) is 12.8 Å². The zero-order chi connectivity index (χ0) is 10.9. The monoisotopic (exact) mass is 287 g/mol. The third-order valence-electron chi connectivity index (χ3n) is 2.76. The van der Waals surface area contributed by atoms with E-state index in [1.54, 1.807) is 12.4 Å². The second-order valence-corrected chi connectivity index (χ2v) is 5.95. The Labute approximate surface area is 102 Å². The molecule has 1 aliphatic rings. The number of nitrogens with two attached hydrogens (primary N) is 1. The molecule has 2 rings (SSSR count). The minimum atomic E-state index is 0.440. The van der Waals surface area contributed by atoms with Crippen LogP contribution >= 0.6 is 27.7 Å². The van der Waals surface area contributed by atoms with E-state index >= 15 is 0 Å². The highest BCUT2D eigenvalue weighted by Gasteiger charge is 2.41. The summed E-state index contributed by atoms with van der Waals surface area (Å²) in [6.45, 7) is 0.973. The van der Waals surface area contributed by atoms with Gasteiger partial charge < -0.3 is 11.1 Å². The molecule has 1 aromatic heterocycles. The molecule has 0 aromatic carbocycles. The quantitative estimate of drug-likeness (QED) is 0.894. The summed E-state index contributed by atoms with van der Waals surface area (Å²) in [5, 5.41) is 3.40. The number of nitrogens with zero attached hydrogens (tertiary/aromatic N) is 1. The lowest BCUT2D eigenvalue weighted by Crippen LogP contribution is -2.18. The first-order chi connectivity index (χ1) is 7.17. The summed E-state index contributed by atoms with van der Waals surface area (Å²) in [4.78, 5) is 4.01. The van der Waals surface area contributed by atoms with Crippen LogP contribution in [-0.4, -0.2) is 22.5 Å². The number of hydrogen-bond donors (Lipinski definition) is 2. The van der Waals surface area contributed by atoms with Gasteiger partial charge in [0.15, 0.2) is 0 Å². The number of hydrogen-bond acceptors (Lipinski definition) is 4. The van der Waals surface area contributed by atoms with E-state index < -0.39 is 0 Å². The molecule has 0 saturated heterocycles. The van der Waals surface area contributed by atoms with Gasteiger partial charge in [-0.3, -0.25) is 4.98 Å². The standard InChI is InChI=1S/C10H14BrN3S/c1-15-10(2-3-10)6-14-9-7(11)4-13-5-8(9)12/h4-5H,2-3,6,12H2,1H3,(H,13,14). The van der Waals surface area contributed by atoms with Crippen molar-refractivity contribution in [3.05, 3.63) is 16.9 Å². The normalized spacial score (nSPS) is 17.5. The van der Waals surface area contributed by atoms with Crippen molar-refractivity contribution in [2.24, 2.45) is 0 Å². The van der Waals surface area contributed by atoms with E-state index in [0.717, 1.165) is 16.7 Å². The van der Waals surface area contributed by atoms with Crippen LogP contribution in [0.4, 0.5) is 11.4 Å². The fourth-order valence-electron chi connectivity index (χ4n) is 1.48. The van der Waals surface area contributed by atoms with Crippen molar-refractivity contribution in [2.45, 2.75) is 17.6 Å². The molecule has 0 spiro atoms. The van der Waals surface area contributed by atoms with Crippen molar-refractivity contribution < 1.29 is 0 Å². The van der Waals surface area contributed by atoms with Gasteiger partial charge in [0.25, 0.3) is 0 Å². The molecule has 0 aliphatic heterocycles. The van der Waals surface area contributed by atoms with Crippen LogP contribution in [0.2, 0.25) is 0 Å². The van der Waals surface area contributed by atoms with Crippen molar-refractivity contribution in [1.29, 1.82) is 0 Å². The van der Waals surface area contributed by atoms with E-state index in [-0.39, 0.29) is 0 Å². The number of aromatic nitrogens is 1. The fraction of sp³-hybridized carbons (Fsp3) is 0.500. The van der Waals surface area contributed by atoms with Crippen molar-refractivity contribution >= 4 is 39.1 Å². The molecule has 3 N–H and O–H groups in total. The van der Waals surface area contributed by atoms with Crippen molar-refractivity contribution in [1.82, 2.24) is 4.98 Å². The lowest BCUT2D eigenvalue weighted by atomic mass is 10.3. The van der Waals surface area contributed by atoms with Crippen LogP contribution in [0, 0.1) is 0 Å². The highest BCUT2D eigenvalue weighted by atomic mass is 79.9. The average Bonchev–Trinajstić information content (AvgIpc) is 2.98. The first-order valence-corrected chi connectivity index (χ1v) is 6.87. The van der Waals surface area contributed by atoms with E-state index in [9.17, 15) is 0 Å². The summed E-state index contributed by atoms with van der Waals surface area (Å²) in [5.74, 6) is 0. The van der Waals surface area contributed by atoms with E-state index in [1.807, 2.05) is 11.8 Å².